The Bertz CT molecular complexity index is 372. The molecule has 0 bridgehead atoms. The van der Waals surface area contributed by atoms with E-state index in [-0.39, 0.29) is 35.2 Å². The van der Waals surface area contributed by atoms with Crippen molar-refractivity contribution in [2.24, 2.45) is 23.2 Å². The maximum Gasteiger partial charge on any atom is 0.309 e. The predicted molar refractivity (Wildman–Crippen MR) is 62.2 cm³/mol. The second kappa shape index (κ2) is 3.56. The van der Waals surface area contributed by atoms with Crippen LogP contribution in [0.15, 0.2) is 0 Å². The number of hydrogen-bond donors (Lipinski definition) is 0. The Labute approximate surface area is 102 Å². The molecular weight excluding hydrogens is 216 g/mol. The quantitative estimate of drug-likeness (QED) is 0.606. The Morgan fingerprint density at radius 2 is 1.94 bits per heavy atom. The standard InChI is InChI=1S/C14H20O3/c1-14(2)7-9-10(15)6-4-3-5-8-11(9)12(14)17-13(8)16/h8-9,11-12H,3-7H2,1-2H3/t8-,9-,11-,12-/m0/s1. The summed E-state index contributed by atoms with van der Waals surface area (Å²) in [5.41, 5.74) is -0.0280. The van der Waals surface area contributed by atoms with E-state index in [1.807, 2.05) is 0 Å². The first-order chi connectivity index (χ1) is 8.00. The van der Waals surface area contributed by atoms with Crippen LogP contribution in [0.25, 0.3) is 0 Å². The molecule has 0 aromatic heterocycles. The van der Waals surface area contributed by atoms with Crippen LogP contribution in [0.2, 0.25) is 0 Å². The van der Waals surface area contributed by atoms with E-state index < -0.39 is 0 Å². The Balaban J connectivity index is 1.99. The first-order valence-electron chi connectivity index (χ1n) is 6.74. The van der Waals surface area contributed by atoms with Crippen LogP contribution >= 0.6 is 0 Å². The van der Waals surface area contributed by atoms with Crippen molar-refractivity contribution in [1.29, 1.82) is 0 Å². The summed E-state index contributed by atoms with van der Waals surface area (Å²) in [6, 6.07) is 0. The molecule has 17 heavy (non-hydrogen) atoms. The van der Waals surface area contributed by atoms with Crippen LogP contribution in [0.3, 0.4) is 0 Å². The molecule has 0 aromatic carbocycles. The fraction of sp³-hybridized carbons (Fsp3) is 0.857. The molecule has 1 aliphatic heterocycles. The van der Waals surface area contributed by atoms with Gasteiger partial charge >= 0.3 is 5.97 Å². The third-order valence-electron chi connectivity index (χ3n) is 4.94. The van der Waals surface area contributed by atoms with Crippen molar-refractivity contribution >= 4 is 11.8 Å². The summed E-state index contributed by atoms with van der Waals surface area (Å²) in [5.74, 6) is 0.564. The van der Waals surface area contributed by atoms with Crippen LogP contribution in [-0.2, 0) is 14.3 Å². The number of ether oxygens (including phenoxy) is 1. The maximum absolute atomic E-state index is 12.2. The van der Waals surface area contributed by atoms with Gasteiger partial charge in [-0.3, -0.25) is 9.59 Å². The average molecular weight is 236 g/mol. The Morgan fingerprint density at radius 1 is 1.18 bits per heavy atom. The Hall–Kier alpha value is -0.860. The van der Waals surface area contributed by atoms with Crippen LogP contribution < -0.4 is 0 Å². The number of carbonyl (C=O) groups is 2. The molecular formula is C14H20O3. The largest absolute Gasteiger partial charge is 0.461 e. The first kappa shape index (κ1) is 11.2. The molecule has 1 heterocycles. The lowest BCUT2D eigenvalue weighted by Crippen LogP contribution is -2.30. The predicted octanol–water partition coefficient (Wildman–Crippen LogP) is 2.33. The third kappa shape index (κ3) is 1.54. The zero-order chi connectivity index (χ0) is 12.2. The molecule has 3 aliphatic rings. The van der Waals surface area contributed by atoms with Gasteiger partial charge in [-0.25, -0.2) is 0 Å². The maximum atomic E-state index is 12.2. The van der Waals surface area contributed by atoms with Crippen molar-refractivity contribution in [3.63, 3.8) is 0 Å². The van der Waals surface area contributed by atoms with Crippen molar-refractivity contribution in [1.82, 2.24) is 0 Å². The molecule has 0 aromatic rings. The molecule has 0 spiro atoms. The highest BCUT2D eigenvalue weighted by Crippen LogP contribution is 2.55. The van der Waals surface area contributed by atoms with Gasteiger partial charge in [-0.05, 0) is 19.3 Å². The van der Waals surface area contributed by atoms with Gasteiger partial charge < -0.3 is 4.74 Å². The summed E-state index contributed by atoms with van der Waals surface area (Å²) >= 11 is 0. The highest BCUT2D eigenvalue weighted by atomic mass is 16.6. The van der Waals surface area contributed by atoms with Gasteiger partial charge in [0.2, 0.25) is 0 Å². The number of esters is 1. The van der Waals surface area contributed by atoms with Crippen LogP contribution in [0.5, 0.6) is 0 Å². The van der Waals surface area contributed by atoms with E-state index in [1.165, 1.54) is 0 Å². The zero-order valence-electron chi connectivity index (χ0n) is 10.6. The molecule has 94 valence electrons. The van der Waals surface area contributed by atoms with Gasteiger partial charge in [0.25, 0.3) is 0 Å². The van der Waals surface area contributed by atoms with E-state index >= 15 is 0 Å². The number of carbonyl (C=O) groups excluding carboxylic acids is 2. The van der Waals surface area contributed by atoms with E-state index in [2.05, 4.69) is 13.8 Å². The summed E-state index contributed by atoms with van der Waals surface area (Å²) in [6.45, 7) is 4.26. The molecule has 3 fully saturated rings. The number of ketones is 1. The van der Waals surface area contributed by atoms with Crippen LogP contribution in [-0.4, -0.2) is 17.9 Å². The lowest BCUT2D eigenvalue weighted by atomic mass is 9.76. The Kier molecular flexibility index (Phi) is 2.36. The average Bonchev–Trinajstić information content (AvgIpc) is 2.68. The van der Waals surface area contributed by atoms with E-state index in [1.54, 1.807) is 0 Å². The van der Waals surface area contributed by atoms with Crippen molar-refractivity contribution in [3.05, 3.63) is 0 Å². The summed E-state index contributed by atoms with van der Waals surface area (Å²) in [4.78, 5) is 24.1. The van der Waals surface area contributed by atoms with Crippen molar-refractivity contribution in [2.75, 3.05) is 0 Å². The minimum Gasteiger partial charge on any atom is -0.461 e. The minimum atomic E-state index is -0.0486. The molecule has 0 amide bonds. The normalized spacial score (nSPS) is 43.9. The highest BCUT2D eigenvalue weighted by molar-refractivity contribution is 5.85. The highest BCUT2D eigenvalue weighted by Gasteiger charge is 2.60. The van der Waals surface area contributed by atoms with Gasteiger partial charge in [0.15, 0.2) is 0 Å². The topological polar surface area (TPSA) is 43.4 Å². The first-order valence-corrected chi connectivity index (χ1v) is 6.74. The molecule has 2 saturated carbocycles. The van der Waals surface area contributed by atoms with E-state index in [9.17, 15) is 9.59 Å². The molecule has 3 heteroatoms. The van der Waals surface area contributed by atoms with Crippen LogP contribution in [0.4, 0.5) is 0 Å². The van der Waals surface area contributed by atoms with Gasteiger partial charge in [-0.1, -0.05) is 20.3 Å². The number of Topliss-reactive ketones (excluding diaryl/α,β-unsaturated/α-hetero) is 1. The van der Waals surface area contributed by atoms with E-state index in [0.717, 1.165) is 25.7 Å². The molecule has 2 aliphatic carbocycles. The van der Waals surface area contributed by atoms with Gasteiger partial charge in [0, 0.05) is 23.7 Å². The van der Waals surface area contributed by atoms with Crippen molar-refractivity contribution in [3.8, 4) is 0 Å². The Morgan fingerprint density at radius 3 is 2.71 bits per heavy atom. The fourth-order valence-corrected chi connectivity index (χ4v) is 4.14. The molecule has 1 saturated heterocycles. The zero-order valence-corrected chi connectivity index (χ0v) is 10.6. The molecule has 4 atom stereocenters. The number of hydrogen-bond acceptors (Lipinski definition) is 3. The van der Waals surface area contributed by atoms with E-state index in [4.69, 9.17) is 4.74 Å². The summed E-state index contributed by atoms with van der Waals surface area (Å²) < 4.78 is 5.58. The second-order valence-corrected chi connectivity index (χ2v) is 6.55. The number of rotatable bonds is 0. The third-order valence-corrected chi connectivity index (χ3v) is 4.94. The fourth-order valence-electron chi connectivity index (χ4n) is 4.14. The summed E-state index contributed by atoms with van der Waals surface area (Å²) in [5, 5.41) is 0. The van der Waals surface area contributed by atoms with Crippen LogP contribution in [0, 0.1) is 23.2 Å². The summed E-state index contributed by atoms with van der Waals surface area (Å²) in [6.07, 6.45) is 4.42. The molecule has 3 rings (SSSR count). The molecule has 3 nitrogen and oxygen atoms in total. The van der Waals surface area contributed by atoms with Gasteiger partial charge in [-0.2, -0.15) is 0 Å². The lowest BCUT2D eigenvalue weighted by molar-refractivity contribution is -0.148. The SMILES string of the molecule is CC1(C)C[C@H]2C(=O)CCCC[C@@H]3C(=O)O[C@H]1[C@@H]32. The molecule has 0 radical (unpaired) electrons. The second-order valence-electron chi connectivity index (χ2n) is 6.55. The van der Waals surface area contributed by atoms with Crippen molar-refractivity contribution < 1.29 is 14.3 Å². The van der Waals surface area contributed by atoms with Crippen LogP contribution in [0.1, 0.15) is 46.0 Å². The van der Waals surface area contributed by atoms with Gasteiger partial charge in [0.1, 0.15) is 11.9 Å². The molecule has 0 unspecified atom stereocenters. The summed E-state index contributed by atoms with van der Waals surface area (Å²) in [7, 11) is 0. The minimum absolute atomic E-state index is 0.00368. The lowest BCUT2D eigenvalue weighted by Gasteiger charge is -2.24. The van der Waals surface area contributed by atoms with Gasteiger partial charge in [-0.15, -0.1) is 0 Å². The van der Waals surface area contributed by atoms with E-state index in [0.29, 0.717) is 12.2 Å². The molecule has 0 N–H and O–H groups in total. The van der Waals surface area contributed by atoms with Gasteiger partial charge in [0.05, 0.1) is 5.92 Å². The monoisotopic (exact) mass is 236 g/mol. The smallest absolute Gasteiger partial charge is 0.309 e. The van der Waals surface area contributed by atoms with Crippen molar-refractivity contribution in [2.45, 2.75) is 52.1 Å².